The molecule has 184 valence electrons. The van der Waals surface area contributed by atoms with Crippen molar-refractivity contribution in [1.29, 1.82) is 0 Å². The van der Waals surface area contributed by atoms with E-state index in [9.17, 15) is 0 Å². The first-order valence-corrected chi connectivity index (χ1v) is 15.4. The molecule has 0 heterocycles. The van der Waals surface area contributed by atoms with Gasteiger partial charge < -0.3 is 24.8 Å². The van der Waals surface area contributed by atoms with Crippen LogP contribution < -0.4 is 24.8 Å². The van der Waals surface area contributed by atoms with Crippen LogP contribution in [-0.2, 0) is 23.2 Å². The van der Waals surface area contributed by atoms with Crippen LogP contribution in [0.2, 0.25) is 0 Å². The summed E-state index contributed by atoms with van der Waals surface area (Å²) in [5, 5.41) is 0. The molecule has 2 atom stereocenters. The molecule has 3 heteroatoms. The average Bonchev–Trinajstić information content (AvgIpc) is 3.46. The van der Waals surface area contributed by atoms with Gasteiger partial charge >= 0.3 is 222 Å². The van der Waals surface area contributed by atoms with Crippen molar-refractivity contribution in [3.8, 4) is 0 Å². The van der Waals surface area contributed by atoms with Crippen molar-refractivity contribution in [2.45, 2.75) is 34.9 Å². The first-order chi connectivity index (χ1) is 17.0. The maximum Gasteiger partial charge on any atom is -1.00 e. The standard InChI is InChI=1S/2C17H15.2ClH.Zr/c2*1-12-8-9-13(2)17-11-15(10-16(12)17)14-6-4-3-5-7-14;;;/h2*3-11H,1-2H3;2*1H;/q;;;;+2/p-2. The molecular weight excluding hydrogens is 571 g/mol. The second-order valence-electron chi connectivity index (χ2n) is 10.0. The summed E-state index contributed by atoms with van der Waals surface area (Å²) in [5.41, 5.74) is 17.7. The molecule has 2 unspecified atom stereocenters. The number of hydrogen-bond donors (Lipinski definition) is 0. The predicted molar refractivity (Wildman–Crippen MR) is 146 cm³/mol. The van der Waals surface area contributed by atoms with Crippen molar-refractivity contribution in [2.75, 3.05) is 0 Å². The molecule has 0 saturated heterocycles. The third-order valence-electron chi connectivity index (χ3n) is 7.79. The number of rotatable bonds is 4. The van der Waals surface area contributed by atoms with Gasteiger partial charge in [-0.25, -0.2) is 0 Å². The van der Waals surface area contributed by atoms with E-state index in [1.807, 2.05) is 0 Å². The van der Waals surface area contributed by atoms with Crippen LogP contribution in [0.3, 0.4) is 0 Å². The van der Waals surface area contributed by atoms with Gasteiger partial charge in [-0.2, -0.15) is 0 Å². The van der Waals surface area contributed by atoms with Gasteiger partial charge in [0.15, 0.2) is 0 Å². The van der Waals surface area contributed by atoms with Crippen LogP contribution in [0.15, 0.2) is 84.9 Å². The van der Waals surface area contributed by atoms with E-state index >= 15 is 0 Å². The summed E-state index contributed by atoms with van der Waals surface area (Å²) in [5.74, 6) is 0. The monoisotopic (exact) mass is 598 g/mol. The van der Waals surface area contributed by atoms with Crippen molar-refractivity contribution in [1.82, 2.24) is 0 Å². The Morgan fingerprint density at radius 3 is 1.19 bits per heavy atom. The van der Waals surface area contributed by atoms with Crippen LogP contribution in [0.4, 0.5) is 0 Å². The molecule has 2 aliphatic carbocycles. The zero-order valence-corrected chi connectivity index (χ0v) is 25.6. The Morgan fingerprint density at radius 1 is 0.459 bits per heavy atom. The van der Waals surface area contributed by atoms with E-state index in [2.05, 4.69) is 125 Å². The molecule has 4 aromatic rings. The molecule has 0 saturated carbocycles. The second kappa shape index (κ2) is 11.3. The van der Waals surface area contributed by atoms with E-state index in [1.54, 1.807) is 11.1 Å². The summed E-state index contributed by atoms with van der Waals surface area (Å²) in [7, 11) is 0. The molecule has 6 rings (SSSR count). The number of halogens is 2. The van der Waals surface area contributed by atoms with Crippen LogP contribution >= 0.6 is 0 Å². The average molecular weight is 601 g/mol. The fourth-order valence-electron chi connectivity index (χ4n) is 5.92. The van der Waals surface area contributed by atoms with E-state index in [4.69, 9.17) is 0 Å². The smallest absolute Gasteiger partial charge is 1.00 e. The fraction of sp³-hybridized carbons (Fsp3) is 0.176. The molecule has 0 amide bonds. The molecule has 0 nitrogen and oxygen atoms in total. The molecule has 0 spiro atoms. The van der Waals surface area contributed by atoms with E-state index in [0.29, 0.717) is 7.25 Å². The third-order valence-corrected chi connectivity index (χ3v) is 12.4. The first kappa shape index (κ1) is 27.8. The summed E-state index contributed by atoms with van der Waals surface area (Å²) in [6.07, 6.45) is 5.03. The Kier molecular flexibility index (Phi) is 8.49. The van der Waals surface area contributed by atoms with Crippen molar-refractivity contribution in [2.24, 2.45) is 0 Å². The van der Waals surface area contributed by atoms with Gasteiger partial charge in [-0.1, -0.05) is 0 Å². The van der Waals surface area contributed by atoms with Gasteiger partial charge in [-0.3, -0.25) is 0 Å². The Bertz CT molecular complexity index is 1390. The van der Waals surface area contributed by atoms with Gasteiger partial charge in [0.1, 0.15) is 0 Å². The number of benzene rings is 4. The van der Waals surface area contributed by atoms with Gasteiger partial charge in [0.25, 0.3) is 0 Å². The first-order valence-electron chi connectivity index (χ1n) is 12.5. The van der Waals surface area contributed by atoms with Gasteiger partial charge in [0, 0.05) is 0 Å². The van der Waals surface area contributed by atoms with Crippen LogP contribution in [0, 0.1) is 27.7 Å². The molecule has 2 aliphatic rings. The minimum atomic E-state index is -1.03. The van der Waals surface area contributed by atoms with Crippen molar-refractivity contribution in [3.05, 3.63) is 141 Å². The minimum Gasteiger partial charge on any atom is -1.00 e. The van der Waals surface area contributed by atoms with E-state index in [1.165, 1.54) is 55.7 Å². The molecule has 37 heavy (non-hydrogen) atoms. The molecule has 0 aliphatic heterocycles. The van der Waals surface area contributed by atoms with E-state index < -0.39 is 23.2 Å². The van der Waals surface area contributed by atoms with Gasteiger partial charge in [0.05, 0.1) is 0 Å². The van der Waals surface area contributed by atoms with Crippen molar-refractivity contribution in [3.63, 3.8) is 0 Å². The second-order valence-corrected chi connectivity index (χ2v) is 13.7. The molecular formula is C34H30Cl2Zr. The zero-order valence-electron chi connectivity index (χ0n) is 21.6. The molecule has 0 radical (unpaired) electrons. The van der Waals surface area contributed by atoms with E-state index in [0.717, 1.165) is 0 Å². The zero-order chi connectivity index (χ0) is 24.1. The largest absolute Gasteiger partial charge is 1.00 e. The Labute approximate surface area is 245 Å². The number of allylic oxidation sites excluding steroid dienone is 2. The maximum atomic E-state index is 2.52. The summed E-state index contributed by atoms with van der Waals surface area (Å²) < 4.78 is 1.08. The third kappa shape index (κ3) is 4.87. The SMILES string of the molecule is Cc1ccc(C)c2c1C=C(c1ccccc1)[CH]2[Zr+2][CH]1C(c2ccccc2)=Cc2c(C)ccc(C)c21.[Cl-].[Cl-]. The van der Waals surface area contributed by atoms with Gasteiger partial charge in [-0.15, -0.1) is 0 Å². The van der Waals surface area contributed by atoms with Crippen LogP contribution in [0.1, 0.15) is 62.9 Å². The Morgan fingerprint density at radius 2 is 0.811 bits per heavy atom. The summed E-state index contributed by atoms with van der Waals surface area (Å²) in [4.78, 5) is 0. The summed E-state index contributed by atoms with van der Waals surface area (Å²) in [6, 6.07) is 31.5. The molecule has 0 aromatic heterocycles. The minimum absolute atomic E-state index is 0. The summed E-state index contributed by atoms with van der Waals surface area (Å²) >= 11 is -1.03. The van der Waals surface area contributed by atoms with E-state index in [-0.39, 0.29) is 24.8 Å². The molecule has 4 aromatic carbocycles. The summed E-state index contributed by atoms with van der Waals surface area (Å²) in [6.45, 7) is 9.19. The molecule has 0 N–H and O–H groups in total. The Balaban J connectivity index is 0.00000160. The quantitative estimate of drug-likeness (QED) is 0.338. The van der Waals surface area contributed by atoms with Gasteiger partial charge in [0.2, 0.25) is 0 Å². The topological polar surface area (TPSA) is 0 Å². The van der Waals surface area contributed by atoms with Crippen LogP contribution in [0.5, 0.6) is 0 Å². The van der Waals surface area contributed by atoms with Crippen molar-refractivity contribution < 1.29 is 48.0 Å². The fourth-order valence-corrected chi connectivity index (χ4v) is 11.6. The molecule has 0 fully saturated rings. The molecule has 0 bridgehead atoms. The van der Waals surface area contributed by atoms with Gasteiger partial charge in [-0.05, 0) is 0 Å². The number of fused-ring (bicyclic) bond motifs is 2. The van der Waals surface area contributed by atoms with Crippen LogP contribution in [-0.4, -0.2) is 0 Å². The normalized spacial score (nSPS) is 17.0. The van der Waals surface area contributed by atoms with Crippen LogP contribution in [0.25, 0.3) is 23.3 Å². The number of hydrogen-bond acceptors (Lipinski definition) is 0. The number of aryl methyl sites for hydroxylation is 4. The van der Waals surface area contributed by atoms with Crippen molar-refractivity contribution >= 4 is 23.3 Å². The Hall–Kier alpha value is -2.18. The predicted octanol–water partition coefficient (Wildman–Crippen LogP) is 2.90. The maximum absolute atomic E-state index is 2.52.